The molecule has 0 bridgehead atoms. The highest BCUT2D eigenvalue weighted by molar-refractivity contribution is 7.93. The monoisotopic (exact) mass is 311 g/mol. The van der Waals surface area contributed by atoms with Gasteiger partial charge >= 0.3 is 0 Å². The van der Waals surface area contributed by atoms with Crippen molar-refractivity contribution in [2.24, 2.45) is 0 Å². The van der Waals surface area contributed by atoms with Gasteiger partial charge in [0.15, 0.2) is 5.78 Å². The first kappa shape index (κ1) is 13.7. The van der Waals surface area contributed by atoms with Crippen LogP contribution in [0.2, 0.25) is 0 Å². The molecule has 7 nitrogen and oxygen atoms in total. The minimum Gasteiger partial charge on any atom is -0.293 e. The van der Waals surface area contributed by atoms with Gasteiger partial charge in [-0.15, -0.1) is 0 Å². The molecule has 1 aliphatic heterocycles. The van der Waals surface area contributed by atoms with E-state index >= 15 is 0 Å². The van der Waals surface area contributed by atoms with Crippen LogP contribution in [-0.2, 0) is 16.6 Å². The van der Waals surface area contributed by atoms with Gasteiger partial charge in [-0.3, -0.25) is 9.10 Å². The molecule has 110 valence electrons. The average molecular weight is 311 g/mol. The lowest BCUT2D eigenvalue weighted by molar-refractivity contribution is 0.101. The molecule has 1 aliphatic rings. The van der Waals surface area contributed by atoms with Crippen molar-refractivity contribution in [2.45, 2.75) is 13.5 Å². The summed E-state index contributed by atoms with van der Waals surface area (Å²) in [6.45, 7) is 1.50. The number of carbonyl (C=O) groups excluding carboxylic acids is 1. The third-order valence-electron chi connectivity index (χ3n) is 3.22. The zero-order valence-corrected chi connectivity index (χ0v) is 11.7. The molecule has 0 spiro atoms. The van der Waals surface area contributed by atoms with E-state index in [-0.39, 0.29) is 17.8 Å². The van der Waals surface area contributed by atoms with E-state index in [1.807, 2.05) is 0 Å². The summed E-state index contributed by atoms with van der Waals surface area (Å²) in [5, 5.41) is 7.21. The van der Waals surface area contributed by atoms with Gasteiger partial charge in [-0.1, -0.05) is 10.3 Å². The van der Waals surface area contributed by atoms with E-state index in [1.165, 1.54) is 6.07 Å². The number of anilines is 1. The van der Waals surface area contributed by atoms with E-state index in [0.717, 1.165) is 16.4 Å². The number of carbonyl (C=O) groups is 1. The van der Waals surface area contributed by atoms with Crippen LogP contribution in [0.1, 0.15) is 21.7 Å². The standard InChI is InChI=1S/C12H10FN3O4S/c1-7-10(15-20-14-7)5-16-11-3-2-8(13)4-9(11)12(17)6-21(16,18)19/h2-4H,5-6H2,1H3. The molecule has 0 atom stereocenters. The molecule has 0 fully saturated rings. The fraction of sp³-hybridized carbons (Fsp3) is 0.250. The van der Waals surface area contributed by atoms with Crippen molar-refractivity contribution in [1.29, 1.82) is 0 Å². The normalized spacial score (nSPS) is 16.9. The number of Topliss-reactive ketones (excluding diaryl/α,β-unsaturated/α-hetero) is 1. The molecule has 0 amide bonds. The molecular weight excluding hydrogens is 301 g/mol. The van der Waals surface area contributed by atoms with Crippen LogP contribution in [0.5, 0.6) is 0 Å². The van der Waals surface area contributed by atoms with Crippen molar-refractivity contribution in [1.82, 2.24) is 10.3 Å². The van der Waals surface area contributed by atoms with Crippen LogP contribution in [0.25, 0.3) is 0 Å². The molecule has 9 heteroatoms. The Morgan fingerprint density at radius 1 is 1.38 bits per heavy atom. The first-order chi connectivity index (χ1) is 9.88. The topological polar surface area (TPSA) is 93.4 Å². The van der Waals surface area contributed by atoms with Gasteiger partial charge in [-0.25, -0.2) is 17.4 Å². The van der Waals surface area contributed by atoms with Gasteiger partial charge in [0.1, 0.15) is 23.0 Å². The van der Waals surface area contributed by atoms with Gasteiger partial charge in [0.2, 0.25) is 10.0 Å². The lowest BCUT2D eigenvalue weighted by atomic mass is 10.1. The fourth-order valence-corrected chi connectivity index (χ4v) is 3.55. The van der Waals surface area contributed by atoms with Gasteiger partial charge in [0.05, 0.1) is 12.2 Å². The summed E-state index contributed by atoms with van der Waals surface area (Å²) < 4.78 is 43.2. The number of ketones is 1. The predicted molar refractivity (Wildman–Crippen MR) is 69.7 cm³/mol. The maximum absolute atomic E-state index is 13.3. The van der Waals surface area contributed by atoms with E-state index in [1.54, 1.807) is 6.92 Å². The van der Waals surface area contributed by atoms with Crippen molar-refractivity contribution >= 4 is 21.5 Å². The summed E-state index contributed by atoms with van der Waals surface area (Å²) in [5.41, 5.74) is 0.961. The number of rotatable bonds is 2. The largest absolute Gasteiger partial charge is 0.293 e. The summed E-state index contributed by atoms with van der Waals surface area (Å²) in [7, 11) is -3.84. The summed E-state index contributed by atoms with van der Waals surface area (Å²) in [6, 6.07) is 3.41. The second kappa shape index (κ2) is 4.62. The Morgan fingerprint density at radius 3 is 2.81 bits per heavy atom. The van der Waals surface area contributed by atoms with Crippen LogP contribution in [0.15, 0.2) is 22.8 Å². The van der Waals surface area contributed by atoms with Crippen LogP contribution in [-0.4, -0.2) is 30.3 Å². The number of nitrogens with zero attached hydrogens (tertiary/aromatic N) is 3. The first-order valence-electron chi connectivity index (χ1n) is 6.00. The molecule has 1 aromatic carbocycles. The first-order valence-corrected chi connectivity index (χ1v) is 7.60. The van der Waals surface area contributed by atoms with E-state index in [2.05, 4.69) is 14.9 Å². The molecule has 21 heavy (non-hydrogen) atoms. The van der Waals surface area contributed by atoms with Crippen molar-refractivity contribution in [2.75, 3.05) is 10.1 Å². The van der Waals surface area contributed by atoms with E-state index < -0.39 is 27.4 Å². The SMILES string of the molecule is Cc1nonc1CN1c2ccc(F)cc2C(=O)CS1(=O)=O. The Labute approximate surface area is 119 Å². The molecule has 2 heterocycles. The quantitative estimate of drug-likeness (QED) is 0.823. The van der Waals surface area contributed by atoms with Crippen LogP contribution >= 0.6 is 0 Å². The molecule has 0 N–H and O–H groups in total. The Morgan fingerprint density at radius 2 is 2.14 bits per heavy atom. The maximum Gasteiger partial charge on any atom is 0.243 e. The van der Waals surface area contributed by atoms with Crippen molar-refractivity contribution in [3.8, 4) is 0 Å². The van der Waals surface area contributed by atoms with Gasteiger partial charge in [-0.05, 0) is 25.1 Å². The van der Waals surface area contributed by atoms with Crippen LogP contribution < -0.4 is 4.31 Å². The highest BCUT2D eigenvalue weighted by Gasteiger charge is 2.36. The lowest BCUT2D eigenvalue weighted by Gasteiger charge is -2.29. The Hall–Kier alpha value is -2.29. The van der Waals surface area contributed by atoms with E-state index in [0.29, 0.717) is 11.4 Å². The molecule has 2 aromatic rings. The number of aryl methyl sites for hydroxylation is 1. The number of hydrogen-bond acceptors (Lipinski definition) is 6. The Kier molecular flexibility index (Phi) is 3.01. The Balaban J connectivity index is 2.12. The molecule has 0 radical (unpaired) electrons. The number of sulfonamides is 1. The predicted octanol–water partition coefficient (Wildman–Crippen LogP) is 1.05. The van der Waals surface area contributed by atoms with Gasteiger partial charge in [-0.2, -0.15) is 0 Å². The Bertz CT molecular complexity index is 831. The lowest BCUT2D eigenvalue weighted by Crippen LogP contribution is -2.40. The second-order valence-corrected chi connectivity index (χ2v) is 6.54. The molecule has 0 aliphatic carbocycles. The van der Waals surface area contributed by atoms with E-state index in [9.17, 15) is 17.6 Å². The minimum atomic E-state index is -3.84. The number of benzene rings is 1. The molecule has 0 unspecified atom stereocenters. The van der Waals surface area contributed by atoms with E-state index in [4.69, 9.17) is 0 Å². The molecule has 3 rings (SSSR count). The van der Waals surface area contributed by atoms with Crippen molar-refractivity contribution in [3.05, 3.63) is 41.0 Å². The second-order valence-electron chi connectivity index (χ2n) is 4.64. The summed E-state index contributed by atoms with van der Waals surface area (Å²) in [6.07, 6.45) is 0. The number of fused-ring (bicyclic) bond motifs is 1. The van der Waals surface area contributed by atoms with Gasteiger partial charge < -0.3 is 0 Å². The number of halogens is 1. The van der Waals surface area contributed by atoms with Crippen LogP contribution in [0.3, 0.4) is 0 Å². The number of aromatic nitrogens is 2. The average Bonchev–Trinajstić information content (AvgIpc) is 2.80. The van der Waals surface area contributed by atoms with Crippen LogP contribution in [0.4, 0.5) is 10.1 Å². The van der Waals surface area contributed by atoms with Gasteiger partial charge in [0.25, 0.3) is 0 Å². The van der Waals surface area contributed by atoms with Crippen LogP contribution in [0, 0.1) is 12.7 Å². The zero-order valence-electron chi connectivity index (χ0n) is 10.9. The highest BCUT2D eigenvalue weighted by atomic mass is 32.2. The molecule has 0 saturated carbocycles. The summed E-state index contributed by atoms with van der Waals surface area (Å²) in [5.74, 6) is -1.93. The van der Waals surface area contributed by atoms with Gasteiger partial charge in [0, 0.05) is 5.56 Å². The highest BCUT2D eigenvalue weighted by Crippen LogP contribution is 2.31. The summed E-state index contributed by atoms with van der Waals surface area (Å²) >= 11 is 0. The third-order valence-corrected chi connectivity index (χ3v) is 4.84. The van der Waals surface area contributed by atoms with Crippen molar-refractivity contribution < 1.29 is 22.2 Å². The molecule has 0 saturated heterocycles. The number of hydrogen-bond donors (Lipinski definition) is 0. The van der Waals surface area contributed by atoms with Crippen molar-refractivity contribution in [3.63, 3.8) is 0 Å². The zero-order chi connectivity index (χ0) is 15.2. The fourth-order valence-electron chi connectivity index (χ4n) is 2.13. The maximum atomic E-state index is 13.3. The minimum absolute atomic E-state index is 0.0407. The smallest absolute Gasteiger partial charge is 0.243 e. The molecular formula is C12H10FN3O4S. The third kappa shape index (κ3) is 2.29. The molecule has 1 aromatic heterocycles. The summed E-state index contributed by atoms with van der Waals surface area (Å²) in [4.78, 5) is 11.8.